The highest BCUT2D eigenvalue weighted by molar-refractivity contribution is 6.29. The summed E-state index contributed by atoms with van der Waals surface area (Å²) in [6.07, 6.45) is 12.9. The number of hydrogen-bond donors (Lipinski definition) is 0. The molecule has 398 valence electrons. The van der Waals surface area contributed by atoms with Gasteiger partial charge in [-0.1, -0.05) is 208 Å². The smallest absolute Gasteiger partial charge is 0.159 e. The van der Waals surface area contributed by atoms with Gasteiger partial charge in [-0.3, -0.25) is 0 Å². The lowest BCUT2D eigenvalue weighted by Gasteiger charge is -2.30. The zero-order valence-corrected chi connectivity index (χ0v) is 46.7. The second-order valence-electron chi connectivity index (χ2n) is 23.6. The molecule has 0 unspecified atom stereocenters. The first kappa shape index (κ1) is 48.8. The number of nitrogens with zero attached hydrogens (tertiary/aromatic N) is 2. The summed E-state index contributed by atoms with van der Waals surface area (Å²) in [7, 11) is 0. The van der Waals surface area contributed by atoms with E-state index in [-0.39, 0.29) is 0 Å². The number of para-hydroxylation sites is 4. The minimum Gasteiger partial charge on any atom is -0.453 e. The molecule has 4 nitrogen and oxygen atoms in total. The van der Waals surface area contributed by atoms with Gasteiger partial charge in [-0.15, -0.1) is 0 Å². The maximum Gasteiger partial charge on any atom is 0.159 e. The molecule has 2 aliphatic rings. The van der Waals surface area contributed by atoms with E-state index in [0.717, 1.165) is 89.1 Å². The fourth-order valence-electron chi connectivity index (χ4n) is 14.8. The van der Waals surface area contributed by atoms with Crippen LogP contribution in [0.25, 0.3) is 98.4 Å². The van der Waals surface area contributed by atoms with Crippen molar-refractivity contribution >= 4 is 110 Å². The molecule has 2 heterocycles. The van der Waals surface area contributed by atoms with Gasteiger partial charge in [0.2, 0.25) is 0 Å². The third-order valence-electron chi connectivity index (χ3n) is 18.9. The molecule has 0 atom stereocenters. The molecule has 0 saturated heterocycles. The van der Waals surface area contributed by atoms with Gasteiger partial charge in [0.25, 0.3) is 0 Å². The van der Waals surface area contributed by atoms with Crippen LogP contribution in [0.4, 0.5) is 34.1 Å². The molecule has 12 aromatic carbocycles. The summed E-state index contributed by atoms with van der Waals surface area (Å²) in [5.74, 6) is 1.20. The highest BCUT2D eigenvalue weighted by Crippen LogP contribution is 2.52. The second-order valence-corrected chi connectivity index (χ2v) is 23.6. The minimum atomic E-state index is 0.600. The van der Waals surface area contributed by atoms with Crippen molar-refractivity contribution in [2.24, 2.45) is 0 Å². The molecule has 2 saturated carbocycles. The Hall–Kier alpha value is -9.12. The Kier molecular flexibility index (Phi) is 11.8. The van der Waals surface area contributed by atoms with Gasteiger partial charge in [0, 0.05) is 54.8 Å². The van der Waals surface area contributed by atoms with Gasteiger partial charge in [0.05, 0.1) is 22.7 Å². The van der Waals surface area contributed by atoms with Crippen molar-refractivity contribution in [2.45, 2.75) is 89.9 Å². The average molecular weight is 1060 g/mol. The highest BCUT2D eigenvalue weighted by Gasteiger charge is 2.28. The molecule has 82 heavy (non-hydrogen) atoms. The van der Waals surface area contributed by atoms with Gasteiger partial charge in [-0.2, -0.15) is 0 Å². The average Bonchev–Trinajstić information content (AvgIpc) is 3.85. The Morgan fingerprint density at radius 2 is 0.659 bits per heavy atom. The van der Waals surface area contributed by atoms with E-state index in [1.54, 1.807) is 0 Å². The Labute approximate surface area is 479 Å². The number of anilines is 6. The van der Waals surface area contributed by atoms with Crippen LogP contribution >= 0.6 is 0 Å². The van der Waals surface area contributed by atoms with Crippen molar-refractivity contribution in [3.8, 4) is 22.3 Å². The van der Waals surface area contributed by atoms with Gasteiger partial charge in [-0.05, 0) is 155 Å². The molecular weight excluding hydrogens is 997 g/mol. The lowest BCUT2D eigenvalue weighted by atomic mass is 9.84. The molecule has 0 bridgehead atoms. The van der Waals surface area contributed by atoms with Crippen LogP contribution in [0.15, 0.2) is 227 Å². The van der Waals surface area contributed by atoms with Gasteiger partial charge < -0.3 is 18.6 Å². The summed E-state index contributed by atoms with van der Waals surface area (Å²) < 4.78 is 14.6. The minimum absolute atomic E-state index is 0.600. The lowest BCUT2D eigenvalue weighted by Crippen LogP contribution is -2.12. The number of benzene rings is 12. The van der Waals surface area contributed by atoms with Gasteiger partial charge in [0.15, 0.2) is 11.2 Å². The van der Waals surface area contributed by atoms with E-state index >= 15 is 0 Å². The molecular formula is C78H64N2O2. The molecule has 0 N–H and O–H groups in total. The number of furan rings is 2. The normalized spacial score (nSPS) is 14.6. The lowest BCUT2D eigenvalue weighted by molar-refractivity contribution is 0.443. The Morgan fingerprint density at radius 1 is 0.293 bits per heavy atom. The number of fused-ring (bicyclic) bond motifs is 6. The van der Waals surface area contributed by atoms with E-state index in [0.29, 0.717) is 11.8 Å². The van der Waals surface area contributed by atoms with Gasteiger partial charge in [-0.25, -0.2) is 0 Å². The molecule has 0 spiro atoms. The Balaban J connectivity index is 0.914. The zero-order valence-electron chi connectivity index (χ0n) is 46.7. The number of rotatable bonds is 10. The van der Waals surface area contributed by atoms with E-state index in [4.69, 9.17) is 8.83 Å². The van der Waals surface area contributed by atoms with E-state index in [1.807, 2.05) is 0 Å². The summed E-state index contributed by atoms with van der Waals surface area (Å²) >= 11 is 0. The SMILES string of the molecule is Cc1ccccc1-c1cccc2c1oc1c(N(c3ccc(C4CCCCC4)cc3)c3ccc4ccc5c(N(c6ccc(C7CCCCC7)cc6)c6cccc7c6oc6c(-c8ccccc8C)cccc67)ccc6ccc3c4c65)cccc12. The fraction of sp³-hybridized carbons (Fsp3) is 0.179. The monoisotopic (exact) mass is 1060 g/mol. The molecule has 0 amide bonds. The first-order chi connectivity index (χ1) is 40.5. The first-order valence-electron chi connectivity index (χ1n) is 30.0. The summed E-state index contributed by atoms with van der Waals surface area (Å²) in [5.41, 5.74) is 19.9. The van der Waals surface area contributed by atoms with E-state index < -0.39 is 0 Å². The van der Waals surface area contributed by atoms with E-state index in [9.17, 15) is 0 Å². The van der Waals surface area contributed by atoms with Crippen molar-refractivity contribution in [1.29, 1.82) is 0 Å². The largest absolute Gasteiger partial charge is 0.453 e. The number of aryl methyl sites for hydroxylation is 2. The Morgan fingerprint density at radius 3 is 1.07 bits per heavy atom. The van der Waals surface area contributed by atoms with Crippen LogP contribution in [-0.2, 0) is 0 Å². The van der Waals surface area contributed by atoms with Crippen molar-refractivity contribution in [1.82, 2.24) is 0 Å². The predicted octanol–water partition coefficient (Wildman–Crippen LogP) is 23.4. The highest BCUT2D eigenvalue weighted by atomic mass is 16.3. The summed E-state index contributed by atoms with van der Waals surface area (Å²) in [5, 5.41) is 11.7. The van der Waals surface area contributed by atoms with Gasteiger partial charge in [0.1, 0.15) is 11.2 Å². The van der Waals surface area contributed by atoms with Crippen LogP contribution in [-0.4, -0.2) is 0 Å². The summed E-state index contributed by atoms with van der Waals surface area (Å²) in [4.78, 5) is 4.95. The second kappa shape index (κ2) is 19.8. The summed E-state index contributed by atoms with van der Waals surface area (Å²) in [6.45, 7) is 4.38. The topological polar surface area (TPSA) is 32.8 Å². The molecule has 0 aliphatic heterocycles. The maximum absolute atomic E-state index is 7.29. The van der Waals surface area contributed by atoms with Crippen molar-refractivity contribution in [3.63, 3.8) is 0 Å². The third-order valence-corrected chi connectivity index (χ3v) is 18.9. The molecule has 14 aromatic rings. The van der Waals surface area contributed by atoms with Crippen molar-refractivity contribution < 1.29 is 8.83 Å². The van der Waals surface area contributed by atoms with Gasteiger partial charge >= 0.3 is 0 Å². The van der Waals surface area contributed by atoms with Crippen LogP contribution in [0.2, 0.25) is 0 Å². The maximum atomic E-state index is 7.29. The van der Waals surface area contributed by atoms with Crippen LogP contribution in [0.5, 0.6) is 0 Å². The first-order valence-corrected chi connectivity index (χ1v) is 30.0. The quantitative estimate of drug-likeness (QED) is 0.128. The summed E-state index contributed by atoms with van der Waals surface area (Å²) in [6, 6.07) is 81.7. The molecule has 2 aliphatic carbocycles. The molecule has 0 radical (unpaired) electrons. The standard InChI is InChI=1S/C78H64N2O2/c1-49-17-9-11-23-59(49)61-25-13-27-63-65-29-15-31-71(77(65)81-75(61)63)79(57-41-33-53(34-42-57)51-19-5-3-6-20-51)69-47-39-55-38-46-68-70(48-40-56-37-45-67(69)73(55)74(56)68)80(58-43-35-54(36-44-58)52-21-7-4-8-22-52)72-32-16-30-66-64-28-14-26-62(76(64)82-78(66)72)60-24-12-10-18-50(60)2/h9-18,23-48,51-52H,3-8,19-22H2,1-2H3. The molecule has 4 heteroatoms. The molecule has 2 aromatic heterocycles. The van der Waals surface area contributed by atoms with E-state index in [1.165, 1.54) is 130 Å². The van der Waals surface area contributed by atoms with Crippen molar-refractivity contribution in [3.05, 3.63) is 241 Å². The van der Waals surface area contributed by atoms with Crippen LogP contribution in [0.3, 0.4) is 0 Å². The zero-order chi connectivity index (χ0) is 54.4. The van der Waals surface area contributed by atoms with Crippen LogP contribution in [0, 0.1) is 13.8 Å². The van der Waals surface area contributed by atoms with Crippen LogP contribution in [0.1, 0.15) is 98.3 Å². The predicted molar refractivity (Wildman–Crippen MR) is 346 cm³/mol. The molecule has 16 rings (SSSR count). The van der Waals surface area contributed by atoms with Crippen molar-refractivity contribution in [2.75, 3.05) is 9.80 Å². The molecule has 2 fully saturated rings. The third kappa shape index (κ3) is 7.93. The fourth-order valence-corrected chi connectivity index (χ4v) is 14.8. The Bertz CT molecular complexity index is 4440. The number of hydrogen-bond acceptors (Lipinski definition) is 4. The van der Waals surface area contributed by atoms with Crippen LogP contribution < -0.4 is 9.80 Å². The van der Waals surface area contributed by atoms with E-state index in [2.05, 4.69) is 242 Å².